The number of ether oxygens (including phenoxy) is 1. The normalized spacial score (nSPS) is 20.5. The maximum Gasteiger partial charge on any atom is 0.171 e. The number of pyridine rings is 1. The van der Waals surface area contributed by atoms with Gasteiger partial charge in [0.15, 0.2) is 10.9 Å². The van der Waals surface area contributed by atoms with Crippen molar-refractivity contribution in [2.45, 2.75) is 25.3 Å². The lowest BCUT2D eigenvalue weighted by molar-refractivity contribution is 0.291. The highest BCUT2D eigenvalue weighted by molar-refractivity contribution is 6.30. The highest BCUT2D eigenvalue weighted by atomic mass is 35.5. The second-order valence-corrected chi connectivity index (χ2v) is 4.08. The van der Waals surface area contributed by atoms with Gasteiger partial charge >= 0.3 is 0 Å². The summed E-state index contributed by atoms with van der Waals surface area (Å²) >= 11 is 5.87. The van der Waals surface area contributed by atoms with Crippen LogP contribution in [0.2, 0.25) is 5.15 Å². The van der Waals surface area contributed by atoms with Gasteiger partial charge in [0.25, 0.3) is 0 Å². The molecule has 1 saturated heterocycles. The lowest BCUT2D eigenvalue weighted by Crippen LogP contribution is -2.23. The molecule has 1 N–H and O–H groups in total. The van der Waals surface area contributed by atoms with Crippen LogP contribution in [0.15, 0.2) is 18.3 Å². The van der Waals surface area contributed by atoms with Crippen LogP contribution in [0.3, 0.4) is 0 Å². The van der Waals surface area contributed by atoms with Gasteiger partial charge in [0.2, 0.25) is 0 Å². The molecule has 1 aromatic rings. The summed E-state index contributed by atoms with van der Waals surface area (Å²) in [5, 5.41) is 3.87. The Morgan fingerprint density at radius 3 is 3.27 bits per heavy atom. The first kappa shape index (κ1) is 10.7. The topological polar surface area (TPSA) is 34.1 Å². The standard InChI is InChI=1S/C11H15ClN2O/c12-11-10(4-2-7-14-11)15-8-5-9-3-1-6-13-9/h2,4,7,9,13H,1,3,5-6,8H2/t9-/m0/s1. The predicted octanol–water partition coefficient (Wildman–Crippen LogP) is 2.26. The Morgan fingerprint density at radius 1 is 1.60 bits per heavy atom. The molecule has 2 heterocycles. The van der Waals surface area contributed by atoms with Crippen LogP contribution in [0.4, 0.5) is 0 Å². The number of halogens is 1. The molecule has 0 saturated carbocycles. The number of rotatable bonds is 4. The molecule has 15 heavy (non-hydrogen) atoms. The summed E-state index contributed by atoms with van der Waals surface area (Å²) in [6.07, 6.45) is 5.22. The van der Waals surface area contributed by atoms with Crippen LogP contribution in [0, 0.1) is 0 Å². The molecule has 0 radical (unpaired) electrons. The summed E-state index contributed by atoms with van der Waals surface area (Å²) in [4.78, 5) is 3.95. The summed E-state index contributed by atoms with van der Waals surface area (Å²) in [5.74, 6) is 0.678. The van der Waals surface area contributed by atoms with E-state index in [1.165, 1.54) is 12.8 Å². The first-order valence-corrected chi connectivity index (χ1v) is 5.71. The molecule has 0 amide bonds. The van der Waals surface area contributed by atoms with Crippen molar-refractivity contribution in [1.29, 1.82) is 0 Å². The van der Waals surface area contributed by atoms with Gasteiger partial charge in [-0.3, -0.25) is 0 Å². The van der Waals surface area contributed by atoms with E-state index in [2.05, 4.69) is 10.3 Å². The number of aromatic nitrogens is 1. The van der Waals surface area contributed by atoms with Crippen molar-refractivity contribution in [2.75, 3.05) is 13.2 Å². The maximum atomic E-state index is 5.87. The highest BCUT2D eigenvalue weighted by Gasteiger charge is 2.13. The largest absolute Gasteiger partial charge is 0.490 e. The fourth-order valence-electron chi connectivity index (χ4n) is 1.79. The molecule has 2 rings (SSSR count). The van der Waals surface area contributed by atoms with Crippen LogP contribution in [0.25, 0.3) is 0 Å². The van der Waals surface area contributed by atoms with E-state index in [9.17, 15) is 0 Å². The van der Waals surface area contributed by atoms with Gasteiger partial charge in [-0.1, -0.05) is 11.6 Å². The van der Waals surface area contributed by atoms with Gasteiger partial charge < -0.3 is 10.1 Å². The SMILES string of the molecule is Clc1ncccc1OCC[C@@H]1CCCN1. The average molecular weight is 227 g/mol. The summed E-state index contributed by atoms with van der Waals surface area (Å²) in [7, 11) is 0. The Labute approximate surface area is 94.8 Å². The lowest BCUT2D eigenvalue weighted by Gasteiger charge is -2.11. The van der Waals surface area contributed by atoms with Gasteiger partial charge in [-0.15, -0.1) is 0 Å². The Bertz CT molecular complexity index is 313. The molecule has 0 bridgehead atoms. The van der Waals surface area contributed by atoms with Crippen LogP contribution >= 0.6 is 11.6 Å². The molecule has 1 aliphatic rings. The molecule has 0 aliphatic carbocycles. The summed E-state index contributed by atoms with van der Waals surface area (Å²) < 4.78 is 5.56. The molecular formula is C11H15ClN2O. The fraction of sp³-hybridized carbons (Fsp3) is 0.545. The smallest absolute Gasteiger partial charge is 0.171 e. The zero-order valence-corrected chi connectivity index (χ0v) is 9.33. The van der Waals surface area contributed by atoms with Crippen molar-refractivity contribution in [1.82, 2.24) is 10.3 Å². The monoisotopic (exact) mass is 226 g/mol. The number of hydrogen-bond donors (Lipinski definition) is 1. The van der Waals surface area contributed by atoms with E-state index in [0.29, 0.717) is 23.6 Å². The minimum Gasteiger partial charge on any atom is -0.490 e. The van der Waals surface area contributed by atoms with Crippen LogP contribution in [0.1, 0.15) is 19.3 Å². The molecule has 1 aromatic heterocycles. The van der Waals surface area contributed by atoms with Crippen LogP contribution in [0.5, 0.6) is 5.75 Å². The van der Waals surface area contributed by atoms with Crippen LogP contribution in [-0.2, 0) is 0 Å². The van der Waals surface area contributed by atoms with E-state index in [-0.39, 0.29) is 0 Å². The summed E-state index contributed by atoms with van der Waals surface area (Å²) in [6, 6.07) is 4.28. The lowest BCUT2D eigenvalue weighted by atomic mass is 10.2. The fourth-order valence-corrected chi connectivity index (χ4v) is 1.97. The van der Waals surface area contributed by atoms with Crippen molar-refractivity contribution >= 4 is 11.6 Å². The van der Waals surface area contributed by atoms with Crippen molar-refractivity contribution in [3.63, 3.8) is 0 Å². The van der Waals surface area contributed by atoms with E-state index in [4.69, 9.17) is 16.3 Å². The van der Waals surface area contributed by atoms with E-state index < -0.39 is 0 Å². The molecule has 0 unspecified atom stereocenters. The first-order valence-electron chi connectivity index (χ1n) is 5.33. The molecular weight excluding hydrogens is 212 g/mol. The van der Waals surface area contributed by atoms with Gasteiger partial charge in [-0.2, -0.15) is 0 Å². The molecule has 82 valence electrons. The average Bonchev–Trinajstić information content (AvgIpc) is 2.74. The van der Waals surface area contributed by atoms with Gasteiger partial charge in [0, 0.05) is 12.2 Å². The van der Waals surface area contributed by atoms with Crippen molar-refractivity contribution in [2.24, 2.45) is 0 Å². The molecule has 1 atom stereocenters. The molecule has 1 fully saturated rings. The Balaban J connectivity index is 1.75. The first-order chi connectivity index (χ1) is 7.36. The van der Waals surface area contributed by atoms with E-state index in [1.807, 2.05) is 12.1 Å². The third-order valence-corrected chi connectivity index (χ3v) is 2.89. The Hall–Kier alpha value is -0.800. The second-order valence-electron chi connectivity index (χ2n) is 3.72. The molecule has 1 aliphatic heterocycles. The number of nitrogens with one attached hydrogen (secondary N) is 1. The van der Waals surface area contributed by atoms with Crippen molar-refractivity contribution in [3.8, 4) is 5.75 Å². The second kappa shape index (κ2) is 5.33. The number of hydrogen-bond acceptors (Lipinski definition) is 3. The summed E-state index contributed by atoms with van der Waals surface area (Å²) in [6.45, 7) is 1.83. The van der Waals surface area contributed by atoms with Gasteiger partial charge in [0.1, 0.15) is 0 Å². The van der Waals surface area contributed by atoms with Crippen molar-refractivity contribution < 1.29 is 4.74 Å². The minimum absolute atomic E-state index is 0.442. The van der Waals surface area contributed by atoms with Gasteiger partial charge in [-0.05, 0) is 37.9 Å². The third kappa shape index (κ3) is 3.08. The zero-order chi connectivity index (χ0) is 10.5. The molecule has 4 heteroatoms. The Morgan fingerprint density at radius 2 is 2.53 bits per heavy atom. The zero-order valence-electron chi connectivity index (χ0n) is 8.58. The summed E-state index contributed by atoms with van der Waals surface area (Å²) in [5.41, 5.74) is 0. The van der Waals surface area contributed by atoms with Crippen molar-refractivity contribution in [3.05, 3.63) is 23.5 Å². The van der Waals surface area contributed by atoms with Crippen LogP contribution in [-0.4, -0.2) is 24.2 Å². The highest BCUT2D eigenvalue weighted by Crippen LogP contribution is 2.20. The number of nitrogens with zero attached hydrogens (tertiary/aromatic N) is 1. The Kier molecular flexibility index (Phi) is 3.80. The van der Waals surface area contributed by atoms with E-state index in [1.54, 1.807) is 6.20 Å². The molecule has 3 nitrogen and oxygen atoms in total. The van der Waals surface area contributed by atoms with Gasteiger partial charge in [-0.25, -0.2) is 4.98 Å². The molecule has 0 aromatic carbocycles. The minimum atomic E-state index is 0.442. The third-order valence-electron chi connectivity index (χ3n) is 2.61. The molecule has 0 spiro atoms. The quantitative estimate of drug-likeness (QED) is 0.800. The van der Waals surface area contributed by atoms with E-state index in [0.717, 1.165) is 13.0 Å². The van der Waals surface area contributed by atoms with Crippen LogP contribution < -0.4 is 10.1 Å². The maximum absolute atomic E-state index is 5.87. The van der Waals surface area contributed by atoms with E-state index >= 15 is 0 Å². The van der Waals surface area contributed by atoms with Gasteiger partial charge in [0.05, 0.1) is 6.61 Å². The predicted molar refractivity (Wildman–Crippen MR) is 60.4 cm³/mol.